The Morgan fingerprint density at radius 3 is 2.36 bits per heavy atom. The minimum Gasteiger partial charge on any atom is -0.325 e. The largest absolute Gasteiger partial charge is 0.325 e. The standard InChI is InChI=1S/C21H19ClN2O3S/c1-13(2)15-5-3-14(4-6-15)11-18-20(26)24(21(27)28-18)12-19(25)23-17-9-7-16(22)8-10-17/h3-11,13H,12H2,1-2H3,(H,23,25)/b18-11+. The molecule has 2 aromatic carbocycles. The molecule has 0 unspecified atom stereocenters. The molecular weight excluding hydrogens is 396 g/mol. The first-order valence-corrected chi connectivity index (χ1v) is 9.93. The zero-order chi connectivity index (χ0) is 20.3. The van der Waals surface area contributed by atoms with Crippen molar-refractivity contribution in [2.24, 2.45) is 0 Å². The number of hydrogen-bond acceptors (Lipinski definition) is 4. The molecule has 1 aliphatic heterocycles. The van der Waals surface area contributed by atoms with E-state index in [1.807, 2.05) is 24.3 Å². The van der Waals surface area contributed by atoms with Gasteiger partial charge in [-0.05, 0) is 59.1 Å². The molecule has 1 aliphatic rings. The van der Waals surface area contributed by atoms with Crippen LogP contribution < -0.4 is 5.32 Å². The molecule has 144 valence electrons. The van der Waals surface area contributed by atoms with E-state index in [2.05, 4.69) is 19.2 Å². The molecule has 5 nitrogen and oxygen atoms in total. The lowest BCUT2D eigenvalue weighted by molar-refractivity contribution is -0.127. The Balaban J connectivity index is 1.67. The van der Waals surface area contributed by atoms with Crippen molar-refractivity contribution < 1.29 is 14.4 Å². The smallest absolute Gasteiger partial charge is 0.294 e. The van der Waals surface area contributed by atoms with Gasteiger partial charge in [0.2, 0.25) is 5.91 Å². The SMILES string of the molecule is CC(C)c1ccc(/C=C2/SC(=O)N(CC(=O)Nc3ccc(Cl)cc3)C2=O)cc1. The number of nitrogens with one attached hydrogen (secondary N) is 1. The fourth-order valence-corrected chi connectivity index (χ4v) is 3.61. The highest BCUT2D eigenvalue weighted by atomic mass is 35.5. The van der Waals surface area contributed by atoms with Crippen LogP contribution in [-0.4, -0.2) is 28.5 Å². The molecule has 0 atom stereocenters. The molecule has 1 N–H and O–H groups in total. The van der Waals surface area contributed by atoms with Crippen molar-refractivity contribution in [3.8, 4) is 0 Å². The first-order chi connectivity index (χ1) is 13.3. The molecule has 1 fully saturated rings. The van der Waals surface area contributed by atoms with Crippen molar-refractivity contribution in [3.63, 3.8) is 0 Å². The monoisotopic (exact) mass is 414 g/mol. The van der Waals surface area contributed by atoms with E-state index in [9.17, 15) is 14.4 Å². The number of amides is 3. The first kappa shape index (κ1) is 20.2. The summed E-state index contributed by atoms with van der Waals surface area (Å²) in [6.45, 7) is 3.88. The van der Waals surface area contributed by atoms with Crippen LogP contribution in [-0.2, 0) is 9.59 Å². The van der Waals surface area contributed by atoms with Crippen molar-refractivity contribution in [2.45, 2.75) is 19.8 Å². The van der Waals surface area contributed by atoms with Gasteiger partial charge in [-0.25, -0.2) is 0 Å². The molecule has 0 saturated carbocycles. The second-order valence-corrected chi connectivity index (χ2v) is 8.07. The summed E-state index contributed by atoms with van der Waals surface area (Å²) in [6.07, 6.45) is 1.67. The average Bonchev–Trinajstić information content (AvgIpc) is 2.91. The molecule has 0 aromatic heterocycles. The van der Waals surface area contributed by atoms with E-state index in [0.29, 0.717) is 21.5 Å². The number of imide groups is 1. The Morgan fingerprint density at radius 1 is 1.11 bits per heavy atom. The third kappa shape index (κ3) is 4.82. The Kier molecular flexibility index (Phi) is 6.21. The van der Waals surface area contributed by atoms with E-state index in [4.69, 9.17) is 11.6 Å². The maximum absolute atomic E-state index is 12.5. The van der Waals surface area contributed by atoms with E-state index in [-0.39, 0.29) is 6.54 Å². The highest BCUT2D eigenvalue weighted by Gasteiger charge is 2.36. The summed E-state index contributed by atoms with van der Waals surface area (Å²) in [4.78, 5) is 38.2. The molecule has 3 rings (SSSR count). The van der Waals surface area contributed by atoms with Gasteiger partial charge in [0.15, 0.2) is 0 Å². The number of halogens is 1. The lowest BCUT2D eigenvalue weighted by atomic mass is 10.0. The van der Waals surface area contributed by atoms with Crippen LogP contribution >= 0.6 is 23.4 Å². The quantitative estimate of drug-likeness (QED) is 0.688. The van der Waals surface area contributed by atoms with E-state index >= 15 is 0 Å². The number of anilines is 1. The molecule has 0 spiro atoms. The van der Waals surface area contributed by atoms with Crippen LogP contribution in [0.3, 0.4) is 0 Å². The van der Waals surface area contributed by atoms with Crippen molar-refractivity contribution in [2.75, 3.05) is 11.9 Å². The first-order valence-electron chi connectivity index (χ1n) is 8.74. The molecular formula is C21H19ClN2O3S. The number of rotatable bonds is 5. The van der Waals surface area contributed by atoms with Gasteiger partial charge in [-0.15, -0.1) is 0 Å². The topological polar surface area (TPSA) is 66.5 Å². The van der Waals surface area contributed by atoms with E-state index < -0.39 is 17.1 Å². The fraction of sp³-hybridized carbons (Fsp3) is 0.190. The average molecular weight is 415 g/mol. The third-order valence-electron chi connectivity index (χ3n) is 4.20. The zero-order valence-electron chi connectivity index (χ0n) is 15.4. The predicted molar refractivity (Wildman–Crippen MR) is 113 cm³/mol. The number of hydrogen-bond donors (Lipinski definition) is 1. The van der Waals surface area contributed by atoms with Crippen LogP contribution in [0.1, 0.15) is 30.9 Å². The van der Waals surface area contributed by atoms with Crippen molar-refractivity contribution in [3.05, 3.63) is 69.6 Å². The van der Waals surface area contributed by atoms with Gasteiger partial charge in [0.25, 0.3) is 11.1 Å². The van der Waals surface area contributed by atoms with Gasteiger partial charge in [0, 0.05) is 10.7 Å². The Labute approximate surface area is 172 Å². The molecule has 7 heteroatoms. The van der Waals surface area contributed by atoms with Gasteiger partial charge >= 0.3 is 0 Å². The number of carbonyl (C=O) groups excluding carboxylic acids is 3. The summed E-state index contributed by atoms with van der Waals surface area (Å²) in [5, 5.41) is 2.74. The number of benzene rings is 2. The van der Waals surface area contributed by atoms with Crippen molar-refractivity contribution in [1.82, 2.24) is 4.90 Å². The van der Waals surface area contributed by atoms with Gasteiger partial charge in [0.1, 0.15) is 6.54 Å². The molecule has 28 heavy (non-hydrogen) atoms. The van der Waals surface area contributed by atoms with Gasteiger partial charge in [-0.1, -0.05) is 49.7 Å². The summed E-state index contributed by atoms with van der Waals surface area (Å²) >= 11 is 6.65. The number of carbonyl (C=O) groups is 3. The van der Waals surface area contributed by atoms with E-state index in [1.54, 1.807) is 30.3 Å². The van der Waals surface area contributed by atoms with Crippen LogP contribution in [0.25, 0.3) is 6.08 Å². The predicted octanol–water partition coefficient (Wildman–Crippen LogP) is 5.14. The lowest BCUT2D eigenvalue weighted by Crippen LogP contribution is -2.36. The fourth-order valence-electron chi connectivity index (χ4n) is 2.64. The van der Waals surface area contributed by atoms with Crippen LogP contribution in [0.4, 0.5) is 10.5 Å². The summed E-state index contributed by atoms with van der Waals surface area (Å²) in [6, 6.07) is 14.4. The molecule has 1 heterocycles. The Hall–Kier alpha value is -2.57. The molecule has 0 radical (unpaired) electrons. The van der Waals surface area contributed by atoms with Crippen LogP contribution in [0.2, 0.25) is 5.02 Å². The molecule has 2 aromatic rings. The maximum atomic E-state index is 12.5. The lowest BCUT2D eigenvalue weighted by Gasteiger charge is -2.12. The Bertz CT molecular complexity index is 937. The second kappa shape index (κ2) is 8.63. The molecule has 0 bridgehead atoms. The highest BCUT2D eigenvalue weighted by Crippen LogP contribution is 2.32. The normalized spacial score (nSPS) is 15.6. The highest BCUT2D eigenvalue weighted by molar-refractivity contribution is 8.18. The van der Waals surface area contributed by atoms with Crippen molar-refractivity contribution in [1.29, 1.82) is 0 Å². The maximum Gasteiger partial charge on any atom is 0.294 e. The minimum atomic E-state index is -0.464. The minimum absolute atomic E-state index is 0.307. The van der Waals surface area contributed by atoms with Gasteiger partial charge in [-0.3, -0.25) is 19.3 Å². The summed E-state index contributed by atoms with van der Waals surface area (Å²) in [5.41, 5.74) is 2.58. The number of nitrogens with zero attached hydrogens (tertiary/aromatic N) is 1. The third-order valence-corrected chi connectivity index (χ3v) is 5.36. The van der Waals surface area contributed by atoms with Crippen molar-refractivity contribution >= 4 is 52.2 Å². The molecule has 1 saturated heterocycles. The zero-order valence-corrected chi connectivity index (χ0v) is 17.0. The summed E-state index contributed by atoms with van der Waals surface area (Å²) in [5.74, 6) is -0.498. The van der Waals surface area contributed by atoms with Crippen LogP contribution in [0.5, 0.6) is 0 Å². The van der Waals surface area contributed by atoms with Gasteiger partial charge in [-0.2, -0.15) is 0 Å². The van der Waals surface area contributed by atoms with E-state index in [1.165, 1.54) is 5.56 Å². The Morgan fingerprint density at radius 2 is 1.75 bits per heavy atom. The molecule has 3 amide bonds. The van der Waals surface area contributed by atoms with Gasteiger partial charge < -0.3 is 5.32 Å². The number of thioether (sulfide) groups is 1. The van der Waals surface area contributed by atoms with Crippen LogP contribution in [0.15, 0.2) is 53.4 Å². The summed E-state index contributed by atoms with van der Waals surface area (Å²) < 4.78 is 0. The van der Waals surface area contributed by atoms with Gasteiger partial charge in [0.05, 0.1) is 4.91 Å². The molecule has 0 aliphatic carbocycles. The summed E-state index contributed by atoms with van der Waals surface area (Å²) in [7, 11) is 0. The van der Waals surface area contributed by atoms with Crippen LogP contribution in [0, 0.1) is 0 Å². The second-order valence-electron chi connectivity index (χ2n) is 6.64. The van der Waals surface area contributed by atoms with E-state index in [0.717, 1.165) is 22.2 Å².